The highest BCUT2D eigenvalue weighted by molar-refractivity contribution is 5.04. The summed E-state index contributed by atoms with van der Waals surface area (Å²) in [5.41, 5.74) is 0.851. The molecule has 0 amide bonds. The summed E-state index contributed by atoms with van der Waals surface area (Å²) in [6.45, 7) is 11.8. The average Bonchev–Trinajstić information content (AvgIpc) is 2.16. The largest absolute Gasteiger partial charge is 0.309 e. The van der Waals surface area contributed by atoms with Crippen molar-refractivity contribution in [3.63, 3.8) is 0 Å². The molecule has 0 aromatic heterocycles. The van der Waals surface area contributed by atoms with Crippen LogP contribution in [0, 0.1) is 0 Å². The third kappa shape index (κ3) is 2.02. The van der Waals surface area contributed by atoms with E-state index in [4.69, 9.17) is 0 Å². The van der Waals surface area contributed by atoms with Crippen molar-refractivity contribution in [2.45, 2.75) is 76.9 Å². The van der Waals surface area contributed by atoms with E-state index in [1.807, 2.05) is 0 Å². The lowest BCUT2D eigenvalue weighted by Crippen LogP contribution is -2.69. The van der Waals surface area contributed by atoms with E-state index < -0.39 is 0 Å². The summed E-state index contributed by atoms with van der Waals surface area (Å²) in [7, 11) is 0. The maximum Gasteiger partial charge on any atom is 0.0253 e. The van der Waals surface area contributed by atoms with Crippen molar-refractivity contribution in [2.75, 3.05) is 13.1 Å². The molecule has 1 atom stereocenters. The van der Waals surface area contributed by atoms with Gasteiger partial charge < -0.3 is 5.32 Å². The lowest BCUT2D eigenvalue weighted by Gasteiger charge is -2.58. The van der Waals surface area contributed by atoms with E-state index in [9.17, 15) is 0 Å². The molecule has 16 heavy (non-hydrogen) atoms. The zero-order valence-electron chi connectivity index (χ0n) is 11.5. The number of nitrogens with zero attached hydrogens (tertiary/aromatic N) is 1. The van der Waals surface area contributed by atoms with Gasteiger partial charge in [0.05, 0.1) is 0 Å². The van der Waals surface area contributed by atoms with Crippen LogP contribution >= 0.6 is 0 Å². The Labute approximate surface area is 101 Å². The van der Waals surface area contributed by atoms with Crippen molar-refractivity contribution >= 4 is 0 Å². The van der Waals surface area contributed by atoms with Gasteiger partial charge in [0, 0.05) is 30.2 Å². The highest BCUT2D eigenvalue weighted by Crippen LogP contribution is 2.43. The van der Waals surface area contributed by atoms with Crippen LogP contribution in [0.1, 0.15) is 59.8 Å². The summed E-state index contributed by atoms with van der Waals surface area (Å²) in [6, 6.07) is 0.758. The highest BCUT2D eigenvalue weighted by atomic mass is 15.3. The molecule has 1 aliphatic heterocycles. The second kappa shape index (κ2) is 4.30. The van der Waals surface area contributed by atoms with Crippen LogP contribution in [0.2, 0.25) is 0 Å². The fourth-order valence-corrected chi connectivity index (χ4v) is 3.46. The third-order valence-corrected chi connectivity index (χ3v) is 4.85. The minimum atomic E-state index is 0.295. The van der Waals surface area contributed by atoms with Crippen LogP contribution in [-0.2, 0) is 0 Å². The summed E-state index contributed by atoms with van der Waals surface area (Å²) >= 11 is 0. The van der Waals surface area contributed by atoms with Gasteiger partial charge in [-0.05, 0) is 46.0 Å². The maximum absolute atomic E-state index is 3.69. The monoisotopic (exact) mass is 224 g/mol. The summed E-state index contributed by atoms with van der Waals surface area (Å²) < 4.78 is 0. The molecule has 1 N–H and O–H groups in total. The molecule has 1 heterocycles. The van der Waals surface area contributed by atoms with Gasteiger partial charge in [0.2, 0.25) is 0 Å². The van der Waals surface area contributed by atoms with Crippen LogP contribution in [0.15, 0.2) is 0 Å². The van der Waals surface area contributed by atoms with Crippen molar-refractivity contribution in [3.05, 3.63) is 0 Å². The van der Waals surface area contributed by atoms with Crippen molar-refractivity contribution in [1.82, 2.24) is 10.2 Å². The smallest absolute Gasteiger partial charge is 0.0253 e. The molecule has 0 radical (unpaired) electrons. The van der Waals surface area contributed by atoms with Crippen molar-refractivity contribution in [3.8, 4) is 0 Å². The van der Waals surface area contributed by atoms with Crippen molar-refractivity contribution in [1.29, 1.82) is 0 Å². The molecule has 2 aliphatic rings. The maximum atomic E-state index is 3.69. The summed E-state index contributed by atoms with van der Waals surface area (Å²) in [4.78, 5) is 2.84. The Morgan fingerprint density at radius 1 is 1.25 bits per heavy atom. The number of rotatable bonds is 3. The second-order valence-electron chi connectivity index (χ2n) is 6.39. The van der Waals surface area contributed by atoms with Crippen LogP contribution in [0.3, 0.4) is 0 Å². The predicted molar refractivity (Wildman–Crippen MR) is 69.7 cm³/mol. The van der Waals surface area contributed by atoms with Crippen molar-refractivity contribution in [2.24, 2.45) is 0 Å². The molecule has 1 saturated heterocycles. The van der Waals surface area contributed by atoms with Crippen molar-refractivity contribution < 1.29 is 0 Å². The SMILES string of the molecule is CCC1CNC(C)(C)CN1C1(CC)CCC1. The average molecular weight is 224 g/mol. The van der Waals surface area contributed by atoms with Gasteiger partial charge in [-0.2, -0.15) is 0 Å². The molecule has 2 heteroatoms. The van der Waals surface area contributed by atoms with Gasteiger partial charge >= 0.3 is 0 Å². The van der Waals surface area contributed by atoms with E-state index in [0.29, 0.717) is 11.1 Å². The molecule has 2 fully saturated rings. The van der Waals surface area contributed by atoms with Crippen LogP contribution in [0.5, 0.6) is 0 Å². The van der Waals surface area contributed by atoms with E-state index in [2.05, 4.69) is 37.9 Å². The van der Waals surface area contributed by atoms with E-state index in [1.54, 1.807) is 0 Å². The number of hydrogen-bond donors (Lipinski definition) is 1. The van der Waals surface area contributed by atoms with Gasteiger partial charge in [-0.3, -0.25) is 4.90 Å². The molecule has 1 saturated carbocycles. The lowest BCUT2D eigenvalue weighted by atomic mass is 9.71. The minimum Gasteiger partial charge on any atom is -0.309 e. The molecule has 1 unspecified atom stereocenters. The Balaban J connectivity index is 2.14. The Morgan fingerprint density at radius 3 is 2.38 bits per heavy atom. The Morgan fingerprint density at radius 2 is 1.94 bits per heavy atom. The van der Waals surface area contributed by atoms with Crippen LogP contribution < -0.4 is 5.32 Å². The van der Waals surface area contributed by atoms with Crippen LogP contribution in [0.25, 0.3) is 0 Å². The summed E-state index contributed by atoms with van der Waals surface area (Å²) in [5, 5.41) is 3.69. The molecule has 0 aromatic rings. The molecule has 0 aromatic carbocycles. The molecule has 0 bridgehead atoms. The predicted octanol–water partition coefficient (Wildman–Crippen LogP) is 2.78. The quantitative estimate of drug-likeness (QED) is 0.793. The molecule has 0 spiro atoms. The molecular formula is C14H28N2. The molecule has 1 aliphatic carbocycles. The number of piperazine rings is 1. The topological polar surface area (TPSA) is 15.3 Å². The number of nitrogens with one attached hydrogen (secondary N) is 1. The van der Waals surface area contributed by atoms with Gasteiger partial charge in [-0.1, -0.05) is 13.8 Å². The van der Waals surface area contributed by atoms with E-state index in [1.165, 1.54) is 45.2 Å². The van der Waals surface area contributed by atoms with Gasteiger partial charge in [0.25, 0.3) is 0 Å². The van der Waals surface area contributed by atoms with Gasteiger partial charge in [-0.25, -0.2) is 0 Å². The summed E-state index contributed by atoms with van der Waals surface area (Å²) in [5.74, 6) is 0. The minimum absolute atomic E-state index is 0.295. The summed E-state index contributed by atoms with van der Waals surface area (Å²) in [6.07, 6.45) is 6.91. The first kappa shape index (κ1) is 12.4. The number of hydrogen-bond acceptors (Lipinski definition) is 2. The van der Waals surface area contributed by atoms with E-state index >= 15 is 0 Å². The highest BCUT2D eigenvalue weighted by Gasteiger charge is 2.46. The van der Waals surface area contributed by atoms with Crippen LogP contribution in [-0.4, -0.2) is 35.1 Å². The van der Waals surface area contributed by atoms with E-state index in [-0.39, 0.29) is 0 Å². The normalized spacial score (nSPS) is 33.4. The Hall–Kier alpha value is -0.0800. The zero-order valence-corrected chi connectivity index (χ0v) is 11.5. The first-order chi connectivity index (χ1) is 7.53. The molecular weight excluding hydrogens is 196 g/mol. The molecule has 94 valence electrons. The Bertz CT molecular complexity index is 238. The van der Waals surface area contributed by atoms with Gasteiger partial charge in [0.1, 0.15) is 0 Å². The fourth-order valence-electron chi connectivity index (χ4n) is 3.46. The Kier molecular flexibility index (Phi) is 3.33. The third-order valence-electron chi connectivity index (χ3n) is 4.85. The van der Waals surface area contributed by atoms with Crippen LogP contribution in [0.4, 0.5) is 0 Å². The first-order valence-electron chi connectivity index (χ1n) is 7.05. The first-order valence-corrected chi connectivity index (χ1v) is 7.05. The van der Waals surface area contributed by atoms with Gasteiger partial charge in [0.15, 0.2) is 0 Å². The fraction of sp³-hybridized carbons (Fsp3) is 1.00. The second-order valence-corrected chi connectivity index (χ2v) is 6.39. The van der Waals surface area contributed by atoms with E-state index in [0.717, 1.165) is 6.04 Å². The van der Waals surface area contributed by atoms with Gasteiger partial charge in [-0.15, -0.1) is 0 Å². The lowest BCUT2D eigenvalue weighted by molar-refractivity contribution is -0.0572. The molecule has 2 nitrogen and oxygen atoms in total. The molecule has 2 rings (SSSR count). The zero-order chi connectivity index (χ0) is 11.8. The standard InChI is InChI=1S/C14H28N2/c1-5-12-10-15-13(3,4)11-16(12)14(6-2)8-7-9-14/h12,15H,5-11H2,1-4H3.